The van der Waals surface area contributed by atoms with Crippen molar-refractivity contribution in [3.8, 4) is 10.4 Å². The maximum Gasteiger partial charge on any atom is 0.150 e. The summed E-state index contributed by atoms with van der Waals surface area (Å²) in [6.07, 6.45) is 0.865. The molecule has 0 atom stereocenters. The predicted molar refractivity (Wildman–Crippen MR) is 59.9 cm³/mol. The lowest BCUT2D eigenvalue weighted by Gasteiger charge is -1.96. The monoisotopic (exact) mass is 202 g/mol. The summed E-state index contributed by atoms with van der Waals surface area (Å²) < 4.78 is 0. The van der Waals surface area contributed by atoms with Gasteiger partial charge in [0.15, 0.2) is 0 Å². The lowest BCUT2D eigenvalue weighted by molar-refractivity contribution is 0.112. The highest BCUT2D eigenvalue weighted by Gasteiger charge is 1.99. The molecule has 0 unspecified atom stereocenters. The van der Waals surface area contributed by atoms with E-state index in [-0.39, 0.29) is 0 Å². The van der Waals surface area contributed by atoms with Crippen LogP contribution in [0.3, 0.4) is 0 Å². The summed E-state index contributed by atoms with van der Waals surface area (Å²) in [7, 11) is 0. The number of thiophene rings is 1. The number of hydrogen-bond donors (Lipinski definition) is 0. The maximum absolute atomic E-state index is 10.5. The Morgan fingerprint density at radius 1 is 1.21 bits per heavy atom. The van der Waals surface area contributed by atoms with Crippen LogP contribution in [0.4, 0.5) is 0 Å². The first-order valence-corrected chi connectivity index (χ1v) is 5.28. The van der Waals surface area contributed by atoms with Crippen molar-refractivity contribution in [3.63, 3.8) is 0 Å². The van der Waals surface area contributed by atoms with Gasteiger partial charge >= 0.3 is 0 Å². The van der Waals surface area contributed by atoms with Gasteiger partial charge in [0.25, 0.3) is 0 Å². The molecule has 0 spiro atoms. The first-order valence-electron chi connectivity index (χ1n) is 4.40. The second-order valence-corrected chi connectivity index (χ2v) is 4.14. The normalized spacial score (nSPS) is 10.1. The standard InChI is InChI=1S/C12H10OS/c1-9-6-12(14-8-9)11-4-2-10(7-13)3-5-11/h2-8H,1H3. The highest BCUT2D eigenvalue weighted by molar-refractivity contribution is 7.13. The van der Waals surface area contributed by atoms with Gasteiger partial charge in [-0.1, -0.05) is 24.3 Å². The van der Waals surface area contributed by atoms with E-state index in [1.165, 1.54) is 16.0 Å². The molecule has 70 valence electrons. The SMILES string of the molecule is Cc1csc(-c2ccc(C=O)cc2)c1. The third-order valence-electron chi connectivity index (χ3n) is 2.06. The molecule has 1 heterocycles. The van der Waals surface area contributed by atoms with Crippen LogP contribution < -0.4 is 0 Å². The molecule has 1 nitrogen and oxygen atoms in total. The Labute approximate surface area is 87.0 Å². The van der Waals surface area contributed by atoms with E-state index < -0.39 is 0 Å². The molecule has 0 fully saturated rings. The zero-order valence-electron chi connectivity index (χ0n) is 7.86. The predicted octanol–water partition coefficient (Wildman–Crippen LogP) is 3.54. The van der Waals surface area contributed by atoms with E-state index in [2.05, 4.69) is 18.4 Å². The molecule has 1 aromatic heterocycles. The summed E-state index contributed by atoms with van der Waals surface area (Å²) in [6.45, 7) is 2.08. The molecule has 0 aliphatic heterocycles. The topological polar surface area (TPSA) is 17.1 Å². The van der Waals surface area contributed by atoms with Gasteiger partial charge < -0.3 is 0 Å². The van der Waals surface area contributed by atoms with Crippen LogP contribution in [0.1, 0.15) is 15.9 Å². The van der Waals surface area contributed by atoms with Gasteiger partial charge in [-0.3, -0.25) is 4.79 Å². The third kappa shape index (κ3) is 1.75. The van der Waals surface area contributed by atoms with Crippen molar-refractivity contribution in [3.05, 3.63) is 46.8 Å². The molecule has 14 heavy (non-hydrogen) atoms. The number of aryl methyl sites for hydroxylation is 1. The zero-order valence-corrected chi connectivity index (χ0v) is 8.67. The summed E-state index contributed by atoms with van der Waals surface area (Å²) in [5, 5.41) is 2.13. The van der Waals surface area contributed by atoms with Crippen LogP contribution in [0, 0.1) is 6.92 Å². The van der Waals surface area contributed by atoms with Gasteiger partial charge in [-0.25, -0.2) is 0 Å². The minimum absolute atomic E-state index is 0.724. The average Bonchev–Trinajstić information content (AvgIpc) is 2.65. The molecular weight excluding hydrogens is 192 g/mol. The summed E-state index contributed by atoms with van der Waals surface area (Å²) >= 11 is 1.73. The van der Waals surface area contributed by atoms with E-state index in [1.54, 1.807) is 11.3 Å². The van der Waals surface area contributed by atoms with Gasteiger partial charge in [0.2, 0.25) is 0 Å². The van der Waals surface area contributed by atoms with Gasteiger partial charge in [-0.05, 0) is 29.5 Å². The molecule has 2 aromatic rings. The van der Waals surface area contributed by atoms with Gasteiger partial charge in [0.05, 0.1) is 0 Å². The number of hydrogen-bond acceptors (Lipinski definition) is 2. The van der Waals surface area contributed by atoms with Gasteiger partial charge in [0, 0.05) is 10.4 Å². The highest BCUT2D eigenvalue weighted by Crippen LogP contribution is 2.26. The van der Waals surface area contributed by atoms with E-state index in [0.29, 0.717) is 0 Å². The molecule has 0 amide bonds. The van der Waals surface area contributed by atoms with Crippen molar-refractivity contribution >= 4 is 17.6 Å². The Bertz CT molecular complexity index is 440. The fraction of sp³-hybridized carbons (Fsp3) is 0.0833. The van der Waals surface area contributed by atoms with E-state index in [9.17, 15) is 4.79 Å². The first kappa shape index (κ1) is 9.16. The Hall–Kier alpha value is -1.41. The van der Waals surface area contributed by atoms with Crippen LogP contribution in [0.5, 0.6) is 0 Å². The van der Waals surface area contributed by atoms with Crippen molar-refractivity contribution in [2.75, 3.05) is 0 Å². The van der Waals surface area contributed by atoms with Crippen LogP contribution in [0.25, 0.3) is 10.4 Å². The van der Waals surface area contributed by atoms with E-state index in [1.807, 2.05) is 24.3 Å². The first-order chi connectivity index (χ1) is 6.79. The zero-order chi connectivity index (χ0) is 9.97. The molecule has 0 aliphatic rings. The second-order valence-electron chi connectivity index (χ2n) is 3.23. The van der Waals surface area contributed by atoms with Crippen molar-refractivity contribution in [2.24, 2.45) is 0 Å². The molecule has 2 heteroatoms. The van der Waals surface area contributed by atoms with Crippen molar-refractivity contribution in [2.45, 2.75) is 6.92 Å². The van der Waals surface area contributed by atoms with Gasteiger partial charge in [-0.15, -0.1) is 11.3 Å². The summed E-state index contributed by atoms with van der Waals surface area (Å²) in [5.74, 6) is 0. The quantitative estimate of drug-likeness (QED) is 0.681. The van der Waals surface area contributed by atoms with Crippen molar-refractivity contribution in [1.29, 1.82) is 0 Å². The summed E-state index contributed by atoms with van der Waals surface area (Å²) in [6, 6.07) is 9.80. The van der Waals surface area contributed by atoms with Crippen molar-refractivity contribution in [1.82, 2.24) is 0 Å². The maximum atomic E-state index is 10.5. The molecule has 0 radical (unpaired) electrons. The Kier molecular flexibility index (Phi) is 2.46. The summed E-state index contributed by atoms with van der Waals surface area (Å²) in [5.41, 5.74) is 3.18. The fourth-order valence-electron chi connectivity index (χ4n) is 1.31. The molecule has 0 aliphatic carbocycles. The number of rotatable bonds is 2. The van der Waals surface area contributed by atoms with E-state index >= 15 is 0 Å². The molecular formula is C12H10OS. The summed E-state index contributed by atoms with van der Waals surface area (Å²) in [4.78, 5) is 11.7. The van der Waals surface area contributed by atoms with E-state index in [4.69, 9.17) is 0 Å². The fourth-order valence-corrected chi connectivity index (χ4v) is 2.22. The minimum Gasteiger partial charge on any atom is -0.298 e. The average molecular weight is 202 g/mol. The van der Waals surface area contributed by atoms with E-state index in [0.717, 1.165) is 11.8 Å². The molecule has 0 saturated heterocycles. The van der Waals surface area contributed by atoms with Crippen LogP contribution in [0.15, 0.2) is 35.7 Å². The van der Waals surface area contributed by atoms with Crippen LogP contribution in [-0.2, 0) is 0 Å². The Morgan fingerprint density at radius 3 is 2.43 bits per heavy atom. The third-order valence-corrected chi connectivity index (χ3v) is 3.16. The lowest BCUT2D eigenvalue weighted by Crippen LogP contribution is -1.78. The number of benzene rings is 1. The Balaban J connectivity index is 2.38. The van der Waals surface area contributed by atoms with Crippen LogP contribution in [-0.4, -0.2) is 6.29 Å². The molecule has 0 saturated carbocycles. The molecule has 2 rings (SSSR count). The minimum atomic E-state index is 0.724. The smallest absolute Gasteiger partial charge is 0.150 e. The van der Waals surface area contributed by atoms with Crippen LogP contribution >= 0.6 is 11.3 Å². The lowest BCUT2D eigenvalue weighted by atomic mass is 10.1. The molecule has 0 N–H and O–H groups in total. The highest BCUT2D eigenvalue weighted by atomic mass is 32.1. The number of aldehydes is 1. The second kappa shape index (κ2) is 3.76. The largest absolute Gasteiger partial charge is 0.298 e. The van der Waals surface area contributed by atoms with Crippen molar-refractivity contribution < 1.29 is 4.79 Å². The van der Waals surface area contributed by atoms with Gasteiger partial charge in [-0.2, -0.15) is 0 Å². The molecule has 0 bridgehead atoms. The number of carbonyl (C=O) groups excluding carboxylic acids is 1. The number of carbonyl (C=O) groups is 1. The van der Waals surface area contributed by atoms with Gasteiger partial charge in [0.1, 0.15) is 6.29 Å². The Morgan fingerprint density at radius 2 is 1.93 bits per heavy atom. The molecule has 1 aromatic carbocycles. The van der Waals surface area contributed by atoms with Crippen LogP contribution in [0.2, 0.25) is 0 Å².